The number of benzene rings is 1. The van der Waals surface area contributed by atoms with E-state index in [1.807, 2.05) is 16.7 Å². The van der Waals surface area contributed by atoms with Crippen LogP contribution in [-0.2, 0) is 19.5 Å². The van der Waals surface area contributed by atoms with Crippen molar-refractivity contribution in [3.05, 3.63) is 46.0 Å². The van der Waals surface area contributed by atoms with Crippen molar-refractivity contribution in [3.63, 3.8) is 0 Å². The van der Waals surface area contributed by atoms with Crippen LogP contribution in [0.1, 0.15) is 18.3 Å². The van der Waals surface area contributed by atoms with Gasteiger partial charge in [0.1, 0.15) is 12.2 Å². The molecular weight excluding hydrogens is 335 g/mol. The van der Waals surface area contributed by atoms with Gasteiger partial charge in [-0.1, -0.05) is 36.2 Å². The monoisotopic (exact) mass is 354 g/mol. The summed E-state index contributed by atoms with van der Waals surface area (Å²) in [6.07, 6.45) is 2.60. The van der Waals surface area contributed by atoms with Gasteiger partial charge in [0.25, 0.3) is 0 Å². The number of hydrogen-bond acceptors (Lipinski definition) is 3. The Morgan fingerprint density at radius 2 is 2.13 bits per heavy atom. The zero-order valence-corrected chi connectivity index (χ0v) is 14.7. The average Bonchev–Trinajstić information content (AvgIpc) is 2.99. The highest BCUT2D eigenvalue weighted by Gasteiger charge is 2.04. The van der Waals surface area contributed by atoms with Crippen molar-refractivity contribution in [2.75, 3.05) is 13.6 Å². The number of aliphatic imine (C=N–C) groups is 1. The van der Waals surface area contributed by atoms with E-state index in [1.54, 1.807) is 19.4 Å². The van der Waals surface area contributed by atoms with Gasteiger partial charge >= 0.3 is 0 Å². The van der Waals surface area contributed by atoms with Crippen LogP contribution in [0.25, 0.3) is 0 Å². The minimum absolute atomic E-state index is 0.572. The van der Waals surface area contributed by atoms with Gasteiger partial charge < -0.3 is 15.2 Å². The van der Waals surface area contributed by atoms with E-state index in [-0.39, 0.29) is 0 Å². The van der Waals surface area contributed by atoms with Gasteiger partial charge in [0.05, 0.1) is 0 Å². The lowest BCUT2D eigenvalue weighted by Gasteiger charge is -2.13. The van der Waals surface area contributed by atoms with E-state index in [0.29, 0.717) is 22.5 Å². The van der Waals surface area contributed by atoms with Crippen LogP contribution in [0.4, 0.5) is 0 Å². The van der Waals surface area contributed by atoms with Crippen LogP contribution < -0.4 is 10.6 Å². The Morgan fingerprint density at radius 1 is 1.30 bits per heavy atom. The van der Waals surface area contributed by atoms with Crippen molar-refractivity contribution in [2.24, 2.45) is 4.99 Å². The maximum atomic E-state index is 6.16. The second-order valence-corrected chi connectivity index (χ2v) is 5.73. The molecule has 0 amide bonds. The van der Waals surface area contributed by atoms with Crippen LogP contribution in [0, 0.1) is 0 Å². The minimum Gasteiger partial charge on any atom is -0.355 e. The summed E-state index contributed by atoms with van der Waals surface area (Å²) >= 11 is 12.1. The summed E-state index contributed by atoms with van der Waals surface area (Å²) in [4.78, 5) is 4.20. The van der Waals surface area contributed by atoms with Gasteiger partial charge in [-0.3, -0.25) is 4.99 Å². The summed E-state index contributed by atoms with van der Waals surface area (Å²) < 4.78 is 2.02. The second-order valence-electron chi connectivity index (χ2n) is 4.88. The number of aromatic nitrogens is 3. The normalized spacial score (nSPS) is 11.6. The van der Waals surface area contributed by atoms with Gasteiger partial charge in [-0.25, -0.2) is 0 Å². The fraction of sp³-hybridized carbons (Fsp3) is 0.400. The Morgan fingerprint density at radius 3 is 2.83 bits per heavy atom. The molecule has 0 aliphatic heterocycles. The standard InChI is InChI=1S/C15H20Cl2N6/c1-3-14-22-21-10-23(14)7-6-19-15(18-2)20-9-11-4-5-12(16)8-13(11)17/h4-5,8,10H,3,6-7,9H2,1-2H3,(H2,18,19,20). The molecule has 0 aliphatic carbocycles. The molecule has 0 saturated heterocycles. The molecule has 2 rings (SSSR count). The molecule has 6 nitrogen and oxygen atoms in total. The SMILES string of the molecule is CCc1nncn1CCNC(=NC)NCc1ccc(Cl)cc1Cl. The van der Waals surface area contributed by atoms with Crippen molar-refractivity contribution in [1.29, 1.82) is 0 Å². The molecule has 0 unspecified atom stereocenters. The summed E-state index contributed by atoms with van der Waals surface area (Å²) in [5.74, 6) is 1.69. The number of aryl methyl sites for hydroxylation is 1. The third-order valence-corrected chi connectivity index (χ3v) is 3.93. The molecule has 1 aromatic heterocycles. The predicted octanol–water partition coefficient (Wildman–Crippen LogP) is 2.51. The molecule has 0 saturated carbocycles. The number of rotatable bonds is 6. The zero-order valence-electron chi connectivity index (χ0n) is 13.2. The predicted molar refractivity (Wildman–Crippen MR) is 94.1 cm³/mol. The first-order valence-corrected chi connectivity index (χ1v) is 8.14. The minimum atomic E-state index is 0.572. The van der Waals surface area contributed by atoms with E-state index in [1.165, 1.54) is 0 Å². The van der Waals surface area contributed by atoms with Crippen molar-refractivity contribution in [3.8, 4) is 0 Å². The molecular formula is C15H20Cl2N6. The van der Waals surface area contributed by atoms with Crippen molar-refractivity contribution in [2.45, 2.75) is 26.4 Å². The van der Waals surface area contributed by atoms with Crippen molar-refractivity contribution < 1.29 is 0 Å². The van der Waals surface area contributed by atoms with Crippen LogP contribution in [0.3, 0.4) is 0 Å². The summed E-state index contributed by atoms with van der Waals surface area (Å²) in [6, 6.07) is 5.45. The maximum Gasteiger partial charge on any atom is 0.191 e. The quantitative estimate of drug-likeness (QED) is 0.617. The van der Waals surface area contributed by atoms with Crippen LogP contribution >= 0.6 is 23.2 Å². The van der Waals surface area contributed by atoms with Crippen LogP contribution in [-0.4, -0.2) is 34.3 Å². The molecule has 23 heavy (non-hydrogen) atoms. The molecule has 0 radical (unpaired) electrons. The zero-order chi connectivity index (χ0) is 16.7. The molecule has 0 fully saturated rings. The number of hydrogen-bond donors (Lipinski definition) is 2. The number of nitrogens with one attached hydrogen (secondary N) is 2. The molecule has 1 heterocycles. The van der Waals surface area contributed by atoms with Gasteiger partial charge in [-0.15, -0.1) is 10.2 Å². The van der Waals surface area contributed by atoms with Gasteiger partial charge in [0.15, 0.2) is 5.96 Å². The molecule has 124 valence electrons. The molecule has 2 N–H and O–H groups in total. The molecule has 0 bridgehead atoms. The summed E-state index contributed by atoms with van der Waals surface area (Å²) in [5, 5.41) is 15.7. The van der Waals surface area contributed by atoms with E-state index >= 15 is 0 Å². The summed E-state index contributed by atoms with van der Waals surface area (Å²) in [7, 11) is 1.73. The first-order chi connectivity index (χ1) is 11.1. The lowest BCUT2D eigenvalue weighted by molar-refractivity contribution is 0.632. The second kappa shape index (κ2) is 8.74. The first kappa shape index (κ1) is 17.6. The Hall–Kier alpha value is -1.79. The molecule has 8 heteroatoms. The third kappa shape index (κ3) is 5.11. The first-order valence-electron chi connectivity index (χ1n) is 7.39. The average molecular weight is 355 g/mol. The fourth-order valence-electron chi connectivity index (χ4n) is 2.10. The van der Waals surface area contributed by atoms with Gasteiger partial charge in [-0.05, 0) is 17.7 Å². The number of nitrogens with zero attached hydrogens (tertiary/aromatic N) is 4. The Balaban J connectivity index is 1.81. The Kier molecular flexibility index (Phi) is 6.67. The highest BCUT2D eigenvalue weighted by Crippen LogP contribution is 2.20. The number of guanidine groups is 1. The Bertz CT molecular complexity index is 668. The Labute approximate surface area is 145 Å². The van der Waals surface area contributed by atoms with Crippen LogP contribution in [0.5, 0.6) is 0 Å². The van der Waals surface area contributed by atoms with E-state index in [0.717, 1.165) is 30.9 Å². The topological polar surface area (TPSA) is 67.1 Å². The molecule has 2 aromatic rings. The highest BCUT2D eigenvalue weighted by atomic mass is 35.5. The molecule has 0 spiro atoms. The van der Waals surface area contributed by atoms with Crippen LogP contribution in [0.2, 0.25) is 10.0 Å². The highest BCUT2D eigenvalue weighted by molar-refractivity contribution is 6.35. The lowest BCUT2D eigenvalue weighted by Crippen LogP contribution is -2.38. The molecule has 0 aliphatic rings. The van der Waals surface area contributed by atoms with Gasteiger partial charge in [0, 0.05) is 43.1 Å². The van der Waals surface area contributed by atoms with E-state index in [9.17, 15) is 0 Å². The van der Waals surface area contributed by atoms with E-state index < -0.39 is 0 Å². The summed E-state index contributed by atoms with van der Waals surface area (Å²) in [5.41, 5.74) is 0.964. The van der Waals surface area contributed by atoms with Crippen LogP contribution in [0.15, 0.2) is 29.5 Å². The largest absolute Gasteiger partial charge is 0.355 e. The van der Waals surface area contributed by atoms with Crippen molar-refractivity contribution in [1.82, 2.24) is 25.4 Å². The lowest BCUT2D eigenvalue weighted by atomic mass is 10.2. The molecule has 1 aromatic carbocycles. The fourth-order valence-corrected chi connectivity index (χ4v) is 2.57. The van der Waals surface area contributed by atoms with E-state index in [4.69, 9.17) is 23.2 Å². The summed E-state index contributed by atoms with van der Waals surface area (Å²) in [6.45, 7) is 4.13. The van der Waals surface area contributed by atoms with Crippen molar-refractivity contribution >= 4 is 29.2 Å². The van der Waals surface area contributed by atoms with E-state index in [2.05, 4.69) is 32.7 Å². The molecule has 0 atom stereocenters. The number of halogens is 2. The smallest absolute Gasteiger partial charge is 0.191 e. The third-order valence-electron chi connectivity index (χ3n) is 3.34. The van der Waals surface area contributed by atoms with Gasteiger partial charge in [0.2, 0.25) is 0 Å². The maximum absolute atomic E-state index is 6.16. The van der Waals surface area contributed by atoms with Gasteiger partial charge in [-0.2, -0.15) is 0 Å².